The summed E-state index contributed by atoms with van der Waals surface area (Å²) in [5.74, 6) is -0.125. The molecule has 22 heavy (non-hydrogen) atoms. The molecule has 5 nitrogen and oxygen atoms in total. The molecule has 0 spiro atoms. The Balaban J connectivity index is 0.000000220. The van der Waals surface area contributed by atoms with Gasteiger partial charge in [0.1, 0.15) is 11.5 Å². The predicted octanol–water partition coefficient (Wildman–Crippen LogP) is 1.50. The standard InChI is InChI=1S/C8H17NO2.C6H5F3N2/c1-6(2)9-4-3-7(10)8(11)5-9;7-6(8,9)4-2-1-3-5(10)11-4/h6-8,10-11H,3-5H2,1-2H3;1-3H,(H2,10,11). The van der Waals surface area contributed by atoms with Crippen LogP contribution < -0.4 is 5.73 Å². The van der Waals surface area contributed by atoms with Gasteiger partial charge in [-0.25, -0.2) is 4.98 Å². The minimum Gasteiger partial charge on any atom is -0.390 e. The Morgan fingerprint density at radius 2 is 1.91 bits per heavy atom. The van der Waals surface area contributed by atoms with Crippen molar-refractivity contribution in [1.29, 1.82) is 0 Å². The molecule has 2 rings (SSSR count). The first kappa shape index (κ1) is 18.7. The molecule has 1 fully saturated rings. The van der Waals surface area contributed by atoms with Gasteiger partial charge >= 0.3 is 6.18 Å². The summed E-state index contributed by atoms with van der Waals surface area (Å²) < 4.78 is 35.5. The number of hydrogen-bond donors (Lipinski definition) is 3. The molecule has 2 atom stereocenters. The van der Waals surface area contributed by atoms with Crippen LogP contribution in [0.15, 0.2) is 18.2 Å². The van der Waals surface area contributed by atoms with Crippen LogP contribution in [0.2, 0.25) is 0 Å². The van der Waals surface area contributed by atoms with Crippen molar-refractivity contribution >= 4 is 5.82 Å². The fourth-order valence-electron chi connectivity index (χ4n) is 2.02. The van der Waals surface area contributed by atoms with Gasteiger partial charge in [0.05, 0.1) is 12.2 Å². The number of piperidine rings is 1. The summed E-state index contributed by atoms with van der Waals surface area (Å²) in [7, 11) is 0. The molecule has 0 radical (unpaired) electrons. The third-order valence-corrected chi connectivity index (χ3v) is 3.37. The first-order valence-corrected chi connectivity index (χ1v) is 7.01. The Hall–Kier alpha value is -1.38. The van der Waals surface area contributed by atoms with E-state index in [1.165, 1.54) is 12.1 Å². The highest BCUT2D eigenvalue weighted by atomic mass is 19.4. The second-order valence-electron chi connectivity index (χ2n) is 5.46. The average Bonchev–Trinajstić information content (AvgIpc) is 2.41. The van der Waals surface area contributed by atoms with Crippen LogP contribution >= 0.6 is 0 Å². The maximum Gasteiger partial charge on any atom is 0.433 e. The van der Waals surface area contributed by atoms with E-state index in [1.807, 2.05) is 0 Å². The summed E-state index contributed by atoms with van der Waals surface area (Å²) in [5.41, 5.74) is 4.08. The van der Waals surface area contributed by atoms with Crippen molar-refractivity contribution in [3.8, 4) is 0 Å². The number of anilines is 1. The number of nitrogens with two attached hydrogens (primary N) is 1. The second-order valence-corrected chi connectivity index (χ2v) is 5.46. The molecule has 4 N–H and O–H groups in total. The number of aliphatic hydroxyl groups is 2. The van der Waals surface area contributed by atoms with Gasteiger partial charge in [-0.2, -0.15) is 13.2 Å². The van der Waals surface area contributed by atoms with E-state index in [9.17, 15) is 23.4 Å². The predicted molar refractivity (Wildman–Crippen MR) is 77.0 cm³/mol. The van der Waals surface area contributed by atoms with Crippen LogP contribution in [0.5, 0.6) is 0 Å². The van der Waals surface area contributed by atoms with Crippen LogP contribution in [-0.4, -0.2) is 51.4 Å². The van der Waals surface area contributed by atoms with Crippen molar-refractivity contribution in [2.45, 2.75) is 44.7 Å². The number of nitrogen functional groups attached to an aromatic ring is 1. The highest BCUT2D eigenvalue weighted by Crippen LogP contribution is 2.27. The van der Waals surface area contributed by atoms with Crippen molar-refractivity contribution in [3.05, 3.63) is 23.9 Å². The van der Waals surface area contributed by atoms with Gasteiger partial charge < -0.3 is 15.9 Å². The number of likely N-dealkylation sites (tertiary alicyclic amines) is 1. The number of nitrogens with zero attached hydrogens (tertiary/aromatic N) is 2. The number of pyridine rings is 1. The van der Waals surface area contributed by atoms with E-state index in [4.69, 9.17) is 5.73 Å². The second kappa shape index (κ2) is 7.75. The van der Waals surface area contributed by atoms with E-state index in [0.29, 0.717) is 19.0 Å². The zero-order valence-electron chi connectivity index (χ0n) is 12.6. The molecule has 0 amide bonds. The molecule has 2 unspecified atom stereocenters. The van der Waals surface area contributed by atoms with Crippen molar-refractivity contribution in [3.63, 3.8) is 0 Å². The van der Waals surface area contributed by atoms with Gasteiger partial charge in [0.25, 0.3) is 0 Å². The van der Waals surface area contributed by atoms with E-state index in [1.54, 1.807) is 0 Å². The van der Waals surface area contributed by atoms with Crippen molar-refractivity contribution < 1.29 is 23.4 Å². The molecule has 1 aliphatic rings. The number of aliphatic hydroxyl groups excluding tert-OH is 2. The molecule has 1 aromatic rings. The lowest BCUT2D eigenvalue weighted by atomic mass is 10.0. The maximum absolute atomic E-state index is 11.8. The van der Waals surface area contributed by atoms with Gasteiger partial charge in [-0.1, -0.05) is 6.07 Å². The molecular weight excluding hydrogens is 299 g/mol. The zero-order valence-corrected chi connectivity index (χ0v) is 12.6. The van der Waals surface area contributed by atoms with Gasteiger partial charge in [0.15, 0.2) is 0 Å². The molecule has 1 saturated heterocycles. The van der Waals surface area contributed by atoms with E-state index in [0.717, 1.165) is 12.6 Å². The number of β-amino-alcohol motifs (C(OH)–C–C–N with tert-alkyl or cyclic N) is 1. The Morgan fingerprint density at radius 1 is 1.27 bits per heavy atom. The fraction of sp³-hybridized carbons (Fsp3) is 0.643. The Morgan fingerprint density at radius 3 is 2.32 bits per heavy atom. The number of rotatable bonds is 1. The van der Waals surface area contributed by atoms with E-state index in [2.05, 4.69) is 23.7 Å². The summed E-state index contributed by atoms with van der Waals surface area (Å²) >= 11 is 0. The van der Waals surface area contributed by atoms with Crippen LogP contribution in [0, 0.1) is 0 Å². The SMILES string of the molecule is CC(C)N1CCC(O)C(O)C1.Nc1cccc(C(F)(F)F)n1. The first-order valence-electron chi connectivity index (χ1n) is 7.01. The largest absolute Gasteiger partial charge is 0.433 e. The van der Waals surface area contributed by atoms with Crippen LogP contribution in [0.1, 0.15) is 26.0 Å². The van der Waals surface area contributed by atoms with Gasteiger partial charge in [0, 0.05) is 19.1 Å². The lowest BCUT2D eigenvalue weighted by Crippen LogP contribution is -2.49. The van der Waals surface area contributed by atoms with E-state index >= 15 is 0 Å². The van der Waals surface area contributed by atoms with Gasteiger partial charge in [-0.3, -0.25) is 4.90 Å². The molecule has 0 aromatic carbocycles. The summed E-state index contributed by atoms with van der Waals surface area (Å²) in [6.45, 7) is 5.71. The maximum atomic E-state index is 11.8. The third-order valence-electron chi connectivity index (χ3n) is 3.37. The smallest absolute Gasteiger partial charge is 0.390 e. The minimum atomic E-state index is -4.41. The molecule has 0 aliphatic carbocycles. The van der Waals surface area contributed by atoms with Crippen LogP contribution in [0.25, 0.3) is 0 Å². The lowest BCUT2D eigenvalue weighted by molar-refractivity contribution is -0.141. The van der Waals surface area contributed by atoms with Crippen LogP contribution in [-0.2, 0) is 6.18 Å². The third kappa shape index (κ3) is 5.78. The minimum absolute atomic E-state index is 0.125. The number of alkyl halides is 3. The molecule has 0 bridgehead atoms. The monoisotopic (exact) mass is 321 g/mol. The highest BCUT2D eigenvalue weighted by Gasteiger charge is 2.32. The average molecular weight is 321 g/mol. The Bertz CT molecular complexity index is 469. The quantitative estimate of drug-likeness (QED) is 0.730. The van der Waals surface area contributed by atoms with E-state index < -0.39 is 24.1 Å². The first-order chi connectivity index (χ1) is 10.1. The summed E-state index contributed by atoms with van der Waals surface area (Å²) in [6, 6.07) is 3.86. The van der Waals surface area contributed by atoms with Crippen LogP contribution in [0.3, 0.4) is 0 Å². The molecule has 0 saturated carbocycles. The topological polar surface area (TPSA) is 82.6 Å². The molecule has 8 heteroatoms. The summed E-state index contributed by atoms with van der Waals surface area (Å²) in [6.07, 6.45) is -4.77. The Kier molecular flexibility index (Phi) is 6.58. The summed E-state index contributed by atoms with van der Waals surface area (Å²) in [4.78, 5) is 5.28. The van der Waals surface area contributed by atoms with E-state index in [-0.39, 0.29) is 5.82 Å². The molecule has 1 aromatic heterocycles. The highest BCUT2D eigenvalue weighted by molar-refractivity contribution is 5.29. The van der Waals surface area contributed by atoms with Crippen molar-refractivity contribution in [2.24, 2.45) is 0 Å². The summed E-state index contributed by atoms with van der Waals surface area (Å²) in [5, 5.41) is 18.5. The van der Waals surface area contributed by atoms with Gasteiger partial charge in [-0.05, 0) is 32.4 Å². The molecule has 1 aliphatic heterocycles. The van der Waals surface area contributed by atoms with Crippen molar-refractivity contribution in [2.75, 3.05) is 18.8 Å². The van der Waals surface area contributed by atoms with Gasteiger partial charge in [0.2, 0.25) is 0 Å². The Labute approximate surface area is 127 Å². The number of aromatic nitrogens is 1. The molecule has 126 valence electrons. The number of hydrogen-bond acceptors (Lipinski definition) is 5. The van der Waals surface area contributed by atoms with Gasteiger partial charge in [-0.15, -0.1) is 0 Å². The normalized spacial score (nSPS) is 23.1. The lowest BCUT2D eigenvalue weighted by Gasteiger charge is -2.35. The fourth-order valence-corrected chi connectivity index (χ4v) is 2.02. The molecular formula is C14H22F3N3O2. The molecule has 2 heterocycles. The van der Waals surface area contributed by atoms with Crippen molar-refractivity contribution in [1.82, 2.24) is 9.88 Å². The number of halogens is 3. The zero-order chi connectivity index (χ0) is 16.9. The van der Waals surface area contributed by atoms with Crippen LogP contribution in [0.4, 0.5) is 19.0 Å².